The van der Waals surface area contributed by atoms with E-state index >= 15 is 0 Å². The molecule has 2 aromatic rings. The van der Waals surface area contributed by atoms with Crippen LogP contribution < -0.4 is 11.1 Å². The fourth-order valence-electron chi connectivity index (χ4n) is 1.64. The molecule has 0 aliphatic heterocycles. The van der Waals surface area contributed by atoms with Gasteiger partial charge in [0, 0.05) is 11.3 Å². The molecule has 0 unspecified atom stereocenters. The molecular formula is C13H13BrN2O2. The van der Waals surface area contributed by atoms with Crippen molar-refractivity contribution >= 4 is 27.5 Å². The van der Waals surface area contributed by atoms with E-state index in [-0.39, 0.29) is 0 Å². The highest BCUT2D eigenvalue weighted by molar-refractivity contribution is 9.10. The number of amides is 1. The molecule has 1 aromatic carbocycles. The summed E-state index contributed by atoms with van der Waals surface area (Å²) >= 11 is 3.25. The Labute approximate surface area is 113 Å². The molecule has 0 spiro atoms. The molecule has 0 atom stereocenters. The summed E-state index contributed by atoms with van der Waals surface area (Å²) in [7, 11) is 0. The van der Waals surface area contributed by atoms with Crippen LogP contribution in [0.5, 0.6) is 0 Å². The van der Waals surface area contributed by atoms with E-state index in [0.717, 1.165) is 17.0 Å². The smallest absolute Gasteiger partial charge is 0.248 e. The summed E-state index contributed by atoms with van der Waals surface area (Å²) in [4.78, 5) is 11.0. The van der Waals surface area contributed by atoms with Crippen LogP contribution in [0.25, 0.3) is 0 Å². The Morgan fingerprint density at radius 3 is 2.72 bits per heavy atom. The molecule has 1 amide bonds. The molecule has 2 rings (SSSR count). The van der Waals surface area contributed by atoms with Gasteiger partial charge in [-0.15, -0.1) is 0 Å². The normalized spacial score (nSPS) is 10.3. The Balaban J connectivity index is 2.08. The van der Waals surface area contributed by atoms with Crippen LogP contribution in [0.15, 0.2) is 39.4 Å². The molecule has 0 aliphatic rings. The fraction of sp³-hybridized carbons (Fsp3) is 0.154. The molecule has 0 aliphatic carbocycles. The Morgan fingerprint density at radius 2 is 2.17 bits per heavy atom. The van der Waals surface area contributed by atoms with Crippen molar-refractivity contribution in [2.75, 3.05) is 5.32 Å². The maximum atomic E-state index is 11.0. The summed E-state index contributed by atoms with van der Waals surface area (Å²) < 4.78 is 6.10. The number of hydrogen-bond donors (Lipinski definition) is 2. The first-order valence-electron chi connectivity index (χ1n) is 5.45. The number of primary amides is 1. The second kappa shape index (κ2) is 5.27. The Kier molecular flexibility index (Phi) is 3.72. The summed E-state index contributed by atoms with van der Waals surface area (Å²) in [5, 5.41) is 3.24. The maximum Gasteiger partial charge on any atom is 0.248 e. The van der Waals surface area contributed by atoms with Gasteiger partial charge in [0.2, 0.25) is 5.91 Å². The zero-order valence-electron chi connectivity index (χ0n) is 9.87. The second-order valence-electron chi connectivity index (χ2n) is 3.95. The van der Waals surface area contributed by atoms with Crippen LogP contribution in [-0.2, 0) is 6.54 Å². The monoisotopic (exact) mass is 308 g/mol. The topological polar surface area (TPSA) is 68.3 Å². The maximum absolute atomic E-state index is 11.0. The molecule has 0 saturated carbocycles. The number of anilines is 1. The van der Waals surface area contributed by atoms with Gasteiger partial charge in [0.15, 0.2) is 4.67 Å². The third-order valence-corrected chi connectivity index (χ3v) is 3.02. The standard InChI is InChI=1S/C13H13BrN2O2/c1-8-6-9(13(15)17)2-4-11(8)16-7-10-3-5-12(14)18-10/h2-6,16H,7H2,1H3,(H2,15,17). The van der Waals surface area contributed by atoms with Crippen molar-refractivity contribution in [2.24, 2.45) is 5.73 Å². The third kappa shape index (κ3) is 2.92. The van der Waals surface area contributed by atoms with E-state index in [9.17, 15) is 4.79 Å². The molecule has 0 radical (unpaired) electrons. The lowest BCUT2D eigenvalue weighted by atomic mass is 10.1. The molecule has 1 heterocycles. The van der Waals surface area contributed by atoms with Gasteiger partial charge in [-0.1, -0.05) is 0 Å². The van der Waals surface area contributed by atoms with Crippen LogP contribution in [-0.4, -0.2) is 5.91 Å². The number of nitrogens with one attached hydrogen (secondary N) is 1. The number of hydrogen-bond acceptors (Lipinski definition) is 3. The number of halogens is 1. The lowest BCUT2D eigenvalue weighted by Gasteiger charge is -2.09. The van der Waals surface area contributed by atoms with Gasteiger partial charge < -0.3 is 15.5 Å². The van der Waals surface area contributed by atoms with Gasteiger partial charge in [-0.3, -0.25) is 4.79 Å². The van der Waals surface area contributed by atoms with Crippen molar-refractivity contribution in [3.63, 3.8) is 0 Å². The predicted molar refractivity (Wildman–Crippen MR) is 73.4 cm³/mol. The zero-order valence-corrected chi connectivity index (χ0v) is 11.5. The van der Waals surface area contributed by atoms with Crippen LogP contribution >= 0.6 is 15.9 Å². The average molecular weight is 309 g/mol. The number of furan rings is 1. The van der Waals surface area contributed by atoms with E-state index in [4.69, 9.17) is 10.2 Å². The van der Waals surface area contributed by atoms with Crippen molar-refractivity contribution in [3.8, 4) is 0 Å². The van der Waals surface area contributed by atoms with E-state index < -0.39 is 5.91 Å². The highest BCUT2D eigenvalue weighted by Gasteiger charge is 2.05. The van der Waals surface area contributed by atoms with Crippen molar-refractivity contribution in [2.45, 2.75) is 13.5 Å². The number of rotatable bonds is 4. The van der Waals surface area contributed by atoms with Crippen LogP contribution in [0.1, 0.15) is 21.7 Å². The van der Waals surface area contributed by atoms with Gasteiger partial charge in [-0.25, -0.2) is 0 Å². The molecule has 18 heavy (non-hydrogen) atoms. The summed E-state index contributed by atoms with van der Waals surface area (Å²) in [6.45, 7) is 2.51. The molecule has 0 saturated heterocycles. The van der Waals surface area contributed by atoms with Gasteiger partial charge in [-0.2, -0.15) is 0 Å². The number of carbonyl (C=O) groups excluding carboxylic acids is 1. The highest BCUT2D eigenvalue weighted by atomic mass is 79.9. The van der Waals surface area contributed by atoms with E-state index in [0.29, 0.717) is 16.8 Å². The SMILES string of the molecule is Cc1cc(C(N)=O)ccc1NCc1ccc(Br)o1. The first-order valence-corrected chi connectivity index (χ1v) is 6.24. The van der Waals surface area contributed by atoms with Gasteiger partial charge in [0.1, 0.15) is 5.76 Å². The van der Waals surface area contributed by atoms with Crippen LogP contribution in [0.3, 0.4) is 0 Å². The lowest BCUT2D eigenvalue weighted by Crippen LogP contribution is -2.11. The number of aryl methyl sites for hydroxylation is 1. The van der Waals surface area contributed by atoms with Crippen molar-refractivity contribution < 1.29 is 9.21 Å². The van der Waals surface area contributed by atoms with Gasteiger partial charge in [0.05, 0.1) is 6.54 Å². The quantitative estimate of drug-likeness (QED) is 0.912. The van der Waals surface area contributed by atoms with E-state index in [1.165, 1.54) is 0 Å². The van der Waals surface area contributed by atoms with Crippen LogP contribution in [0.2, 0.25) is 0 Å². The molecule has 0 fully saturated rings. The number of carbonyl (C=O) groups is 1. The largest absolute Gasteiger partial charge is 0.452 e. The highest BCUT2D eigenvalue weighted by Crippen LogP contribution is 2.19. The van der Waals surface area contributed by atoms with Gasteiger partial charge >= 0.3 is 0 Å². The van der Waals surface area contributed by atoms with Crippen molar-refractivity contribution in [3.05, 3.63) is 51.9 Å². The van der Waals surface area contributed by atoms with Crippen LogP contribution in [0, 0.1) is 6.92 Å². The fourth-order valence-corrected chi connectivity index (χ4v) is 1.98. The number of nitrogens with two attached hydrogens (primary N) is 1. The molecule has 4 nitrogen and oxygen atoms in total. The minimum absolute atomic E-state index is 0.417. The minimum atomic E-state index is -0.417. The average Bonchev–Trinajstić information content (AvgIpc) is 2.73. The first kappa shape index (κ1) is 12.7. The molecule has 1 aromatic heterocycles. The first-order chi connectivity index (χ1) is 8.56. The van der Waals surface area contributed by atoms with E-state index in [1.54, 1.807) is 12.1 Å². The molecule has 5 heteroatoms. The minimum Gasteiger partial charge on any atom is -0.452 e. The Bertz CT molecular complexity index is 578. The van der Waals surface area contributed by atoms with E-state index in [2.05, 4.69) is 21.2 Å². The molecule has 3 N–H and O–H groups in total. The molecule has 0 bridgehead atoms. The van der Waals surface area contributed by atoms with Crippen molar-refractivity contribution in [1.29, 1.82) is 0 Å². The van der Waals surface area contributed by atoms with Crippen LogP contribution in [0.4, 0.5) is 5.69 Å². The van der Waals surface area contributed by atoms with Crippen molar-refractivity contribution in [1.82, 2.24) is 0 Å². The molecular weight excluding hydrogens is 296 g/mol. The Morgan fingerprint density at radius 1 is 1.39 bits per heavy atom. The summed E-state index contributed by atoms with van der Waals surface area (Å²) in [6.07, 6.45) is 0. The van der Waals surface area contributed by atoms with E-state index in [1.807, 2.05) is 25.1 Å². The predicted octanol–water partition coefficient (Wildman–Crippen LogP) is 3.06. The lowest BCUT2D eigenvalue weighted by molar-refractivity contribution is 0.1000. The zero-order chi connectivity index (χ0) is 13.1. The van der Waals surface area contributed by atoms with Gasteiger partial charge in [-0.05, 0) is 58.7 Å². The summed E-state index contributed by atoms with van der Waals surface area (Å²) in [6, 6.07) is 9.05. The third-order valence-electron chi connectivity index (χ3n) is 2.59. The second-order valence-corrected chi connectivity index (χ2v) is 4.73. The summed E-state index contributed by atoms with van der Waals surface area (Å²) in [5.41, 5.74) is 7.65. The van der Waals surface area contributed by atoms with Gasteiger partial charge in [0.25, 0.3) is 0 Å². The number of benzene rings is 1. The summed E-state index contributed by atoms with van der Waals surface area (Å²) in [5.74, 6) is 0.417. The Hall–Kier alpha value is -1.75. The molecule has 94 valence electrons.